The van der Waals surface area contributed by atoms with Crippen LogP contribution in [0.1, 0.15) is 0 Å². The second-order valence-corrected chi connectivity index (χ2v) is 5.40. The summed E-state index contributed by atoms with van der Waals surface area (Å²) in [5.41, 5.74) is 5.82. The standard InChI is InChI=1S/C14H14N4S/c15-13-5-2-6-14(18(13)16)19-12-4-1-3-10-9-17-8-7-11(10)12/h1-9,14H,15-16H2. The van der Waals surface area contributed by atoms with E-state index in [-0.39, 0.29) is 5.37 Å². The molecule has 1 aromatic carbocycles. The Morgan fingerprint density at radius 3 is 3.05 bits per heavy atom. The highest BCUT2D eigenvalue weighted by Crippen LogP contribution is 2.33. The molecule has 0 bridgehead atoms. The molecule has 0 fully saturated rings. The molecule has 0 spiro atoms. The third-order valence-corrected chi connectivity index (χ3v) is 4.24. The van der Waals surface area contributed by atoms with E-state index in [9.17, 15) is 0 Å². The summed E-state index contributed by atoms with van der Waals surface area (Å²) in [5, 5.41) is 3.88. The number of allylic oxidation sites excluding steroid dienone is 2. The van der Waals surface area contributed by atoms with Crippen molar-refractivity contribution in [3.05, 3.63) is 60.7 Å². The molecule has 3 rings (SSSR count). The van der Waals surface area contributed by atoms with Gasteiger partial charge in [-0.05, 0) is 23.6 Å². The van der Waals surface area contributed by atoms with Gasteiger partial charge >= 0.3 is 0 Å². The van der Waals surface area contributed by atoms with Crippen LogP contribution < -0.4 is 11.6 Å². The van der Waals surface area contributed by atoms with Gasteiger partial charge in [-0.3, -0.25) is 9.99 Å². The van der Waals surface area contributed by atoms with Crippen molar-refractivity contribution in [1.29, 1.82) is 0 Å². The molecule has 1 unspecified atom stereocenters. The van der Waals surface area contributed by atoms with E-state index >= 15 is 0 Å². The van der Waals surface area contributed by atoms with Crippen molar-refractivity contribution in [2.75, 3.05) is 0 Å². The fourth-order valence-corrected chi connectivity index (χ4v) is 3.13. The van der Waals surface area contributed by atoms with Crippen molar-refractivity contribution < 1.29 is 0 Å². The van der Waals surface area contributed by atoms with Crippen molar-refractivity contribution in [3.63, 3.8) is 0 Å². The van der Waals surface area contributed by atoms with Crippen molar-refractivity contribution in [2.45, 2.75) is 10.3 Å². The van der Waals surface area contributed by atoms with Gasteiger partial charge in [0.1, 0.15) is 11.2 Å². The zero-order valence-electron chi connectivity index (χ0n) is 10.2. The predicted molar refractivity (Wildman–Crippen MR) is 78.8 cm³/mol. The van der Waals surface area contributed by atoms with Crippen LogP contribution in [0.15, 0.2) is 65.6 Å². The summed E-state index contributed by atoms with van der Waals surface area (Å²) in [6.07, 6.45) is 9.43. The van der Waals surface area contributed by atoms with Gasteiger partial charge in [0.2, 0.25) is 0 Å². The van der Waals surface area contributed by atoms with Crippen LogP contribution in [-0.2, 0) is 0 Å². The average Bonchev–Trinajstić information content (AvgIpc) is 2.44. The van der Waals surface area contributed by atoms with Gasteiger partial charge in [-0.1, -0.05) is 36.0 Å². The first-order chi connectivity index (χ1) is 9.25. The topological polar surface area (TPSA) is 68.2 Å². The number of rotatable bonds is 2. The van der Waals surface area contributed by atoms with Crippen LogP contribution in [0.2, 0.25) is 0 Å². The highest BCUT2D eigenvalue weighted by molar-refractivity contribution is 8.00. The molecule has 0 saturated heterocycles. The Morgan fingerprint density at radius 2 is 2.16 bits per heavy atom. The third-order valence-electron chi connectivity index (χ3n) is 3.00. The first kappa shape index (κ1) is 12.1. The molecule has 96 valence electrons. The second kappa shape index (κ2) is 4.95. The molecule has 19 heavy (non-hydrogen) atoms. The molecule has 0 radical (unpaired) electrons. The molecular weight excluding hydrogens is 256 g/mol. The van der Waals surface area contributed by atoms with Gasteiger partial charge in [0, 0.05) is 22.7 Å². The van der Waals surface area contributed by atoms with Crippen molar-refractivity contribution in [3.8, 4) is 0 Å². The lowest BCUT2D eigenvalue weighted by atomic mass is 10.2. The molecule has 2 aromatic rings. The molecule has 2 heterocycles. The number of pyridine rings is 1. The SMILES string of the molecule is NC1=CC=CC(Sc2cccc3cnccc23)N1N. The molecular formula is C14H14N4S. The van der Waals surface area contributed by atoms with E-state index in [1.807, 2.05) is 30.5 Å². The van der Waals surface area contributed by atoms with Gasteiger partial charge in [0.15, 0.2) is 0 Å². The lowest BCUT2D eigenvalue weighted by Gasteiger charge is -2.28. The van der Waals surface area contributed by atoms with E-state index in [0.29, 0.717) is 5.82 Å². The highest BCUT2D eigenvalue weighted by atomic mass is 32.2. The fourth-order valence-electron chi connectivity index (χ4n) is 2.00. The highest BCUT2D eigenvalue weighted by Gasteiger charge is 2.18. The number of hydrogen-bond donors (Lipinski definition) is 2. The zero-order valence-corrected chi connectivity index (χ0v) is 11.0. The lowest BCUT2D eigenvalue weighted by Crippen LogP contribution is -2.41. The lowest BCUT2D eigenvalue weighted by molar-refractivity contribution is 0.364. The first-order valence-electron chi connectivity index (χ1n) is 5.93. The van der Waals surface area contributed by atoms with Crippen LogP contribution in [0.3, 0.4) is 0 Å². The van der Waals surface area contributed by atoms with Crippen LogP contribution >= 0.6 is 11.8 Å². The Labute approximate surface area is 115 Å². The summed E-state index contributed by atoms with van der Waals surface area (Å²) >= 11 is 1.67. The van der Waals surface area contributed by atoms with Gasteiger partial charge in [-0.25, -0.2) is 5.84 Å². The normalized spacial score (nSPS) is 18.7. The van der Waals surface area contributed by atoms with Gasteiger partial charge in [0.05, 0.1) is 0 Å². The van der Waals surface area contributed by atoms with Gasteiger partial charge in [-0.2, -0.15) is 0 Å². The Kier molecular flexibility index (Phi) is 3.15. The molecule has 5 heteroatoms. The maximum absolute atomic E-state index is 5.97. The number of hydrogen-bond acceptors (Lipinski definition) is 5. The molecule has 0 saturated carbocycles. The van der Waals surface area contributed by atoms with Crippen LogP contribution in [0.5, 0.6) is 0 Å². The van der Waals surface area contributed by atoms with Crippen LogP contribution in [0.4, 0.5) is 0 Å². The summed E-state index contributed by atoms with van der Waals surface area (Å²) in [4.78, 5) is 5.31. The molecule has 4 nitrogen and oxygen atoms in total. The van der Waals surface area contributed by atoms with Crippen LogP contribution in [-0.4, -0.2) is 15.4 Å². The van der Waals surface area contributed by atoms with Crippen LogP contribution in [0, 0.1) is 0 Å². The largest absolute Gasteiger partial charge is 0.384 e. The fraction of sp³-hybridized carbons (Fsp3) is 0.0714. The van der Waals surface area contributed by atoms with E-state index in [2.05, 4.69) is 17.1 Å². The first-order valence-corrected chi connectivity index (χ1v) is 6.81. The summed E-state index contributed by atoms with van der Waals surface area (Å²) < 4.78 is 0. The smallest absolute Gasteiger partial charge is 0.115 e. The maximum atomic E-state index is 5.97. The third kappa shape index (κ3) is 2.30. The number of nitrogens with zero attached hydrogens (tertiary/aromatic N) is 2. The Bertz CT molecular complexity index is 660. The summed E-state index contributed by atoms with van der Waals surface area (Å²) in [6.45, 7) is 0. The molecule has 1 aliphatic rings. The minimum Gasteiger partial charge on any atom is -0.384 e. The molecule has 1 aromatic heterocycles. The maximum Gasteiger partial charge on any atom is 0.115 e. The Morgan fingerprint density at radius 1 is 1.26 bits per heavy atom. The number of aromatic nitrogens is 1. The summed E-state index contributed by atoms with van der Waals surface area (Å²) in [5.74, 6) is 6.54. The quantitative estimate of drug-likeness (QED) is 0.819. The van der Waals surface area contributed by atoms with E-state index in [1.54, 1.807) is 29.0 Å². The molecule has 1 aliphatic heterocycles. The van der Waals surface area contributed by atoms with Crippen molar-refractivity contribution in [2.24, 2.45) is 11.6 Å². The Balaban J connectivity index is 1.94. The van der Waals surface area contributed by atoms with E-state index in [1.165, 1.54) is 10.3 Å². The zero-order chi connectivity index (χ0) is 13.2. The minimum absolute atomic E-state index is 0.00349. The predicted octanol–water partition coefficient (Wildman–Crippen LogP) is 2.20. The number of fused-ring (bicyclic) bond motifs is 1. The van der Waals surface area contributed by atoms with E-state index in [4.69, 9.17) is 11.6 Å². The summed E-state index contributed by atoms with van der Waals surface area (Å²) in [7, 11) is 0. The average molecular weight is 270 g/mol. The number of nitrogens with two attached hydrogens (primary N) is 2. The van der Waals surface area contributed by atoms with Gasteiger partial charge in [-0.15, -0.1) is 0 Å². The van der Waals surface area contributed by atoms with E-state index in [0.717, 1.165) is 5.39 Å². The number of thioether (sulfide) groups is 1. The molecule has 1 atom stereocenters. The Hall–Kier alpha value is -1.98. The second-order valence-electron chi connectivity index (χ2n) is 4.25. The minimum atomic E-state index is 0.00349. The summed E-state index contributed by atoms with van der Waals surface area (Å²) in [6, 6.07) is 8.18. The number of hydrazine groups is 1. The van der Waals surface area contributed by atoms with E-state index < -0.39 is 0 Å². The van der Waals surface area contributed by atoms with Crippen LogP contribution in [0.25, 0.3) is 10.8 Å². The molecule has 0 aliphatic carbocycles. The molecule has 0 amide bonds. The van der Waals surface area contributed by atoms with Crippen molar-refractivity contribution in [1.82, 2.24) is 9.99 Å². The van der Waals surface area contributed by atoms with Gasteiger partial charge in [0.25, 0.3) is 0 Å². The number of benzene rings is 1. The molecule has 4 N–H and O–H groups in total. The monoisotopic (exact) mass is 270 g/mol. The van der Waals surface area contributed by atoms with Crippen molar-refractivity contribution >= 4 is 22.5 Å². The van der Waals surface area contributed by atoms with Gasteiger partial charge < -0.3 is 5.73 Å².